The summed E-state index contributed by atoms with van der Waals surface area (Å²) in [4.78, 5) is 11.7. The Hall–Kier alpha value is -2.07. The van der Waals surface area contributed by atoms with Gasteiger partial charge in [-0.3, -0.25) is 4.79 Å². The Morgan fingerprint density at radius 1 is 1.30 bits per heavy atom. The van der Waals surface area contributed by atoms with Crippen LogP contribution in [0.4, 0.5) is 4.39 Å². The average Bonchev–Trinajstić information content (AvgIpc) is 2.47. The first kappa shape index (κ1) is 14.3. The molecule has 0 unspecified atom stereocenters. The summed E-state index contributed by atoms with van der Waals surface area (Å²) in [5.41, 5.74) is 1.12. The molecular weight excluding hydrogens is 281 g/mol. The summed E-state index contributed by atoms with van der Waals surface area (Å²) in [5.74, 6) is -0.350. The standard InChI is InChI=1S/C15H13ClFNO2/c1-18-15(19)10-8-9(6-7-11(10)16)14-12(17)4-3-5-13(14)20-2/h3-8H,1-2H3,(H,18,19). The molecule has 1 amide bonds. The van der Waals surface area contributed by atoms with Crippen LogP contribution in [-0.2, 0) is 0 Å². The molecule has 0 aromatic heterocycles. The van der Waals surface area contributed by atoms with Crippen molar-refractivity contribution in [1.82, 2.24) is 5.32 Å². The summed E-state index contributed by atoms with van der Waals surface area (Å²) in [6.45, 7) is 0. The molecule has 0 heterocycles. The molecule has 0 atom stereocenters. The monoisotopic (exact) mass is 293 g/mol. The third-order valence-corrected chi connectivity index (χ3v) is 3.25. The normalized spacial score (nSPS) is 10.2. The van der Waals surface area contributed by atoms with Gasteiger partial charge in [-0.05, 0) is 29.8 Å². The molecule has 0 aliphatic carbocycles. The lowest BCUT2D eigenvalue weighted by molar-refractivity contribution is 0.0963. The van der Waals surface area contributed by atoms with Crippen LogP contribution in [0.2, 0.25) is 5.02 Å². The van der Waals surface area contributed by atoms with Gasteiger partial charge in [-0.15, -0.1) is 0 Å². The molecule has 2 aromatic rings. The Kier molecular flexibility index (Phi) is 4.25. The van der Waals surface area contributed by atoms with Crippen molar-refractivity contribution < 1.29 is 13.9 Å². The van der Waals surface area contributed by atoms with Gasteiger partial charge in [0.25, 0.3) is 5.91 Å². The van der Waals surface area contributed by atoms with E-state index in [1.54, 1.807) is 30.3 Å². The first-order valence-electron chi connectivity index (χ1n) is 5.93. The number of hydrogen-bond donors (Lipinski definition) is 1. The lowest BCUT2D eigenvalue weighted by Gasteiger charge is -2.11. The predicted molar refractivity (Wildman–Crippen MR) is 76.8 cm³/mol. The maximum Gasteiger partial charge on any atom is 0.252 e. The molecule has 2 aromatic carbocycles. The van der Waals surface area contributed by atoms with Gasteiger partial charge < -0.3 is 10.1 Å². The van der Waals surface area contributed by atoms with Crippen LogP contribution < -0.4 is 10.1 Å². The van der Waals surface area contributed by atoms with E-state index >= 15 is 0 Å². The van der Waals surface area contributed by atoms with Crippen molar-refractivity contribution in [3.05, 3.63) is 52.8 Å². The van der Waals surface area contributed by atoms with E-state index in [4.69, 9.17) is 16.3 Å². The second kappa shape index (κ2) is 5.92. The minimum atomic E-state index is -0.422. The molecule has 0 radical (unpaired) electrons. The predicted octanol–water partition coefficient (Wildman–Crippen LogP) is 3.51. The molecule has 0 aliphatic heterocycles. The molecule has 0 saturated heterocycles. The van der Waals surface area contributed by atoms with E-state index in [2.05, 4.69) is 5.32 Å². The number of rotatable bonds is 3. The van der Waals surface area contributed by atoms with Crippen molar-refractivity contribution in [1.29, 1.82) is 0 Å². The van der Waals surface area contributed by atoms with Crippen molar-refractivity contribution in [2.24, 2.45) is 0 Å². The third-order valence-electron chi connectivity index (χ3n) is 2.92. The Morgan fingerprint density at radius 2 is 2.05 bits per heavy atom. The summed E-state index contributed by atoms with van der Waals surface area (Å²) >= 11 is 5.98. The minimum Gasteiger partial charge on any atom is -0.496 e. The number of carbonyl (C=O) groups excluding carboxylic acids is 1. The zero-order chi connectivity index (χ0) is 14.7. The zero-order valence-corrected chi connectivity index (χ0v) is 11.8. The highest BCUT2D eigenvalue weighted by Gasteiger charge is 2.15. The molecular formula is C15H13ClFNO2. The number of nitrogens with one attached hydrogen (secondary N) is 1. The molecule has 2 rings (SSSR count). The highest BCUT2D eigenvalue weighted by Crippen LogP contribution is 2.34. The van der Waals surface area contributed by atoms with Crippen LogP contribution in [0.15, 0.2) is 36.4 Å². The lowest BCUT2D eigenvalue weighted by atomic mass is 10.0. The fourth-order valence-corrected chi connectivity index (χ4v) is 2.15. The first-order chi connectivity index (χ1) is 9.58. The number of hydrogen-bond acceptors (Lipinski definition) is 2. The topological polar surface area (TPSA) is 38.3 Å². The van der Waals surface area contributed by atoms with Crippen molar-refractivity contribution in [2.45, 2.75) is 0 Å². The van der Waals surface area contributed by atoms with Crippen LogP contribution in [0.1, 0.15) is 10.4 Å². The highest BCUT2D eigenvalue weighted by molar-refractivity contribution is 6.34. The summed E-state index contributed by atoms with van der Waals surface area (Å²) in [6.07, 6.45) is 0. The first-order valence-corrected chi connectivity index (χ1v) is 6.30. The van der Waals surface area contributed by atoms with E-state index in [1.807, 2.05) is 0 Å². The van der Waals surface area contributed by atoms with Gasteiger partial charge in [-0.2, -0.15) is 0 Å². The van der Waals surface area contributed by atoms with Gasteiger partial charge in [0.1, 0.15) is 11.6 Å². The summed E-state index contributed by atoms with van der Waals surface area (Å²) < 4.78 is 19.2. The van der Waals surface area contributed by atoms with Crippen molar-refractivity contribution >= 4 is 17.5 Å². The maximum atomic E-state index is 14.0. The number of amides is 1. The van der Waals surface area contributed by atoms with E-state index in [0.29, 0.717) is 21.9 Å². The second-order valence-corrected chi connectivity index (χ2v) is 4.50. The van der Waals surface area contributed by atoms with Gasteiger partial charge in [-0.25, -0.2) is 4.39 Å². The van der Waals surface area contributed by atoms with Crippen LogP contribution in [-0.4, -0.2) is 20.1 Å². The SMILES string of the molecule is CNC(=O)c1cc(-c2c(F)cccc2OC)ccc1Cl. The highest BCUT2D eigenvalue weighted by atomic mass is 35.5. The van der Waals surface area contributed by atoms with Gasteiger partial charge in [0.2, 0.25) is 0 Å². The van der Waals surface area contributed by atoms with Gasteiger partial charge in [-0.1, -0.05) is 23.7 Å². The van der Waals surface area contributed by atoms with Crippen LogP contribution in [0, 0.1) is 5.82 Å². The molecule has 0 aliphatic rings. The quantitative estimate of drug-likeness (QED) is 0.940. The summed E-state index contributed by atoms with van der Waals surface area (Å²) in [5, 5.41) is 2.80. The average molecular weight is 294 g/mol. The van der Waals surface area contributed by atoms with Gasteiger partial charge in [0.05, 0.1) is 23.3 Å². The number of halogens is 2. The van der Waals surface area contributed by atoms with Gasteiger partial charge in [0.15, 0.2) is 0 Å². The van der Waals surface area contributed by atoms with Gasteiger partial charge in [0, 0.05) is 7.05 Å². The fourth-order valence-electron chi connectivity index (χ4n) is 1.94. The molecule has 1 N–H and O–H groups in total. The van der Waals surface area contributed by atoms with Crippen LogP contribution in [0.3, 0.4) is 0 Å². The molecule has 5 heteroatoms. The molecule has 20 heavy (non-hydrogen) atoms. The van der Waals surface area contributed by atoms with E-state index < -0.39 is 5.82 Å². The van der Waals surface area contributed by atoms with E-state index in [-0.39, 0.29) is 11.5 Å². The smallest absolute Gasteiger partial charge is 0.252 e. The number of ether oxygens (including phenoxy) is 1. The van der Waals surface area contributed by atoms with Gasteiger partial charge >= 0.3 is 0 Å². The number of carbonyl (C=O) groups is 1. The molecule has 0 saturated carbocycles. The molecule has 0 fully saturated rings. The Bertz CT molecular complexity index is 658. The van der Waals surface area contributed by atoms with E-state index in [9.17, 15) is 9.18 Å². The molecule has 104 valence electrons. The Balaban J connectivity index is 2.62. The number of methoxy groups -OCH3 is 1. The van der Waals surface area contributed by atoms with E-state index in [0.717, 1.165) is 0 Å². The zero-order valence-electron chi connectivity index (χ0n) is 11.0. The van der Waals surface area contributed by atoms with Crippen molar-refractivity contribution in [2.75, 3.05) is 14.2 Å². The number of benzene rings is 2. The molecule has 3 nitrogen and oxygen atoms in total. The summed E-state index contributed by atoms with van der Waals surface area (Å²) in [7, 11) is 2.98. The lowest BCUT2D eigenvalue weighted by Crippen LogP contribution is -2.18. The maximum absolute atomic E-state index is 14.0. The minimum absolute atomic E-state index is 0.289. The Morgan fingerprint density at radius 3 is 2.70 bits per heavy atom. The largest absolute Gasteiger partial charge is 0.496 e. The van der Waals surface area contributed by atoms with E-state index in [1.165, 1.54) is 20.2 Å². The van der Waals surface area contributed by atoms with Crippen LogP contribution >= 0.6 is 11.6 Å². The van der Waals surface area contributed by atoms with Crippen LogP contribution in [0.5, 0.6) is 5.75 Å². The third kappa shape index (κ3) is 2.60. The Labute approximate surface area is 121 Å². The van der Waals surface area contributed by atoms with Crippen molar-refractivity contribution in [3.8, 4) is 16.9 Å². The van der Waals surface area contributed by atoms with Crippen molar-refractivity contribution in [3.63, 3.8) is 0 Å². The molecule has 0 spiro atoms. The summed E-state index contributed by atoms with van der Waals surface area (Å²) in [6, 6.07) is 9.32. The molecule has 0 bridgehead atoms. The second-order valence-electron chi connectivity index (χ2n) is 4.09. The fraction of sp³-hybridized carbons (Fsp3) is 0.133. The van der Waals surface area contributed by atoms with Crippen LogP contribution in [0.25, 0.3) is 11.1 Å².